The zero-order chi connectivity index (χ0) is 17.6. The van der Waals surface area contributed by atoms with E-state index in [0.29, 0.717) is 24.9 Å². The number of nitrogens with zero attached hydrogens (tertiary/aromatic N) is 1. The third-order valence-corrected chi connectivity index (χ3v) is 5.02. The Hall–Kier alpha value is -2.43. The van der Waals surface area contributed by atoms with Crippen molar-refractivity contribution in [3.8, 4) is 0 Å². The molecule has 24 heavy (non-hydrogen) atoms. The third-order valence-electron chi connectivity index (χ3n) is 5.02. The molecule has 2 aliphatic rings. The van der Waals surface area contributed by atoms with E-state index in [1.54, 1.807) is 11.8 Å². The van der Waals surface area contributed by atoms with E-state index in [-0.39, 0.29) is 11.5 Å². The predicted molar refractivity (Wildman–Crippen MR) is 90.8 cm³/mol. The van der Waals surface area contributed by atoms with Gasteiger partial charge in [0, 0.05) is 24.1 Å². The molecule has 0 radical (unpaired) electrons. The van der Waals surface area contributed by atoms with Crippen molar-refractivity contribution in [2.45, 2.75) is 39.7 Å². The Morgan fingerprint density at radius 3 is 2.71 bits per heavy atom. The first-order chi connectivity index (χ1) is 11.4. The Kier molecular flexibility index (Phi) is 4.03. The second kappa shape index (κ2) is 5.89. The van der Waals surface area contributed by atoms with Gasteiger partial charge in [0.15, 0.2) is 0 Å². The number of hydrogen-bond donors (Lipinski definition) is 1. The Labute approximate surface area is 140 Å². The van der Waals surface area contributed by atoms with Crippen LogP contribution in [-0.4, -0.2) is 23.3 Å². The van der Waals surface area contributed by atoms with Crippen LogP contribution in [0.5, 0.6) is 0 Å². The van der Waals surface area contributed by atoms with E-state index in [4.69, 9.17) is 5.73 Å². The van der Waals surface area contributed by atoms with Crippen LogP contribution in [0, 0.1) is 5.82 Å². The van der Waals surface area contributed by atoms with E-state index in [1.165, 1.54) is 6.07 Å². The maximum atomic E-state index is 15.0. The molecular formula is C19H21FN2O2. The molecule has 0 bridgehead atoms. The van der Waals surface area contributed by atoms with Gasteiger partial charge < -0.3 is 10.6 Å². The van der Waals surface area contributed by atoms with Crippen molar-refractivity contribution in [2.75, 3.05) is 6.54 Å². The lowest BCUT2D eigenvalue weighted by molar-refractivity contribution is -0.131. The van der Waals surface area contributed by atoms with Gasteiger partial charge in [0.2, 0.25) is 11.8 Å². The molecule has 4 nitrogen and oxygen atoms in total. The monoisotopic (exact) mass is 328 g/mol. The van der Waals surface area contributed by atoms with Gasteiger partial charge in [0.05, 0.1) is 6.04 Å². The van der Waals surface area contributed by atoms with Crippen molar-refractivity contribution in [1.82, 2.24) is 4.90 Å². The molecule has 1 aliphatic heterocycles. The van der Waals surface area contributed by atoms with Gasteiger partial charge >= 0.3 is 0 Å². The number of carbonyl (C=O) groups excluding carboxylic acids is 2. The first kappa shape index (κ1) is 16.4. The molecular weight excluding hydrogens is 307 g/mol. The topological polar surface area (TPSA) is 63.4 Å². The van der Waals surface area contributed by atoms with Crippen molar-refractivity contribution in [3.63, 3.8) is 0 Å². The molecule has 1 atom stereocenters. The van der Waals surface area contributed by atoms with Crippen molar-refractivity contribution >= 4 is 17.4 Å². The van der Waals surface area contributed by atoms with Crippen LogP contribution in [-0.2, 0) is 11.2 Å². The predicted octanol–water partition coefficient (Wildman–Crippen LogP) is 3.12. The summed E-state index contributed by atoms with van der Waals surface area (Å²) in [6.07, 6.45) is 4.70. The number of benzene rings is 1. The van der Waals surface area contributed by atoms with Crippen molar-refractivity contribution < 1.29 is 14.0 Å². The highest BCUT2D eigenvalue weighted by Crippen LogP contribution is 2.43. The largest absolute Gasteiger partial charge is 0.366 e. The molecule has 1 unspecified atom stereocenters. The molecule has 0 aromatic heterocycles. The zero-order valence-electron chi connectivity index (χ0n) is 14.1. The minimum absolute atomic E-state index is 0.0199. The molecule has 0 fully saturated rings. The molecule has 0 saturated carbocycles. The van der Waals surface area contributed by atoms with Crippen LogP contribution in [0.15, 0.2) is 23.8 Å². The molecule has 2 N–H and O–H groups in total. The highest BCUT2D eigenvalue weighted by molar-refractivity contribution is 5.97. The summed E-state index contributed by atoms with van der Waals surface area (Å²) in [7, 11) is 0. The number of amides is 2. The molecule has 126 valence electrons. The Balaban J connectivity index is 2.23. The van der Waals surface area contributed by atoms with Crippen LogP contribution in [0.4, 0.5) is 4.39 Å². The Morgan fingerprint density at radius 1 is 1.38 bits per heavy atom. The summed E-state index contributed by atoms with van der Waals surface area (Å²) in [6.45, 7) is 6.18. The number of allylic oxidation sites excluding steroid dienone is 2. The second-order valence-corrected chi connectivity index (χ2v) is 6.39. The van der Waals surface area contributed by atoms with E-state index in [2.05, 4.69) is 0 Å². The summed E-state index contributed by atoms with van der Waals surface area (Å²) in [4.78, 5) is 25.6. The SMILES string of the molecule is CCC(=O)N1CC=CC1c1c(F)cc(C(N)=O)c2c1C(C)=C(C)C2. The molecule has 5 heteroatoms. The van der Waals surface area contributed by atoms with E-state index in [0.717, 1.165) is 22.3 Å². The second-order valence-electron chi connectivity index (χ2n) is 6.39. The Morgan fingerprint density at radius 2 is 2.08 bits per heavy atom. The summed E-state index contributed by atoms with van der Waals surface area (Å²) in [5, 5.41) is 0. The fraction of sp³-hybridized carbons (Fsp3) is 0.368. The van der Waals surface area contributed by atoms with Crippen molar-refractivity contribution in [3.05, 3.63) is 51.9 Å². The van der Waals surface area contributed by atoms with Crippen LogP contribution in [0.1, 0.15) is 60.3 Å². The average molecular weight is 328 g/mol. The summed E-state index contributed by atoms with van der Waals surface area (Å²) >= 11 is 0. The molecule has 3 rings (SSSR count). The number of primary amides is 1. The Bertz CT molecular complexity index is 808. The number of fused-ring (bicyclic) bond motifs is 1. The van der Waals surface area contributed by atoms with Gasteiger partial charge in [-0.1, -0.05) is 24.6 Å². The quantitative estimate of drug-likeness (QED) is 0.867. The highest BCUT2D eigenvalue weighted by Gasteiger charge is 2.34. The number of hydrogen-bond acceptors (Lipinski definition) is 2. The normalized spacial score (nSPS) is 19.2. The number of nitrogens with two attached hydrogens (primary N) is 1. The fourth-order valence-electron chi connectivity index (χ4n) is 3.67. The molecule has 1 aliphatic carbocycles. The van der Waals surface area contributed by atoms with Crippen LogP contribution >= 0.6 is 0 Å². The minimum atomic E-state index is -0.623. The minimum Gasteiger partial charge on any atom is -0.366 e. The molecule has 0 spiro atoms. The van der Waals surface area contributed by atoms with Crippen LogP contribution in [0.3, 0.4) is 0 Å². The molecule has 1 aromatic rings. The first-order valence-electron chi connectivity index (χ1n) is 8.14. The molecule has 1 heterocycles. The van der Waals surface area contributed by atoms with Gasteiger partial charge in [-0.3, -0.25) is 9.59 Å². The fourth-order valence-corrected chi connectivity index (χ4v) is 3.67. The van der Waals surface area contributed by atoms with Crippen LogP contribution in [0.2, 0.25) is 0 Å². The highest BCUT2D eigenvalue weighted by atomic mass is 19.1. The average Bonchev–Trinajstić information content (AvgIpc) is 3.12. The van der Waals surface area contributed by atoms with E-state index >= 15 is 0 Å². The third kappa shape index (κ3) is 2.35. The van der Waals surface area contributed by atoms with Gasteiger partial charge in [0.1, 0.15) is 5.82 Å². The van der Waals surface area contributed by atoms with E-state index in [9.17, 15) is 14.0 Å². The lowest BCUT2D eigenvalue weighted by Gasteiger charge is -2.27. The summed E-state index contributed by atoms with van der Waals surface area (Å²) in [5.74, 6) is -1.13. The molecule has 1 aromatic carbocycles. The van der Waals surface area contributed by atoms with Gasteiger partial charge in [0.25, 0.3) is 0 Å². The first-order valence-corrected chi connectivity index (χ1v) is 8.14. The lowest BCUT2D eigenvalue weighted by Crippen LogP contribution is -2.31. The summed E-state index contributed by atoms with van der Waals surface area (Å²) in [5.41, 5.74) is 9.73. The maximum absolute atomic E-state index is 15.0. The van der Waals surface area contributed by atoms with Gasteiger partial charge in [-0.2, -0.15) is 0 Å². The molecule has 0 saturated heterocycles. The van der Waals surface area contributed by atoms with Gasteiger partial charge in [-0.15, -0.1) is 0 Å². The number of halogens is 1. The van der Waals surface area contributed by atoms with Crippen molar-refractivity contribution in [2.24, 2.45) is 5.73 Å². The molecule has 2 amide bonds. The van der Waals surface area contributed by atoms with E-state index < -0.39 is 17.8 Å². The maximum Gasteiger partial charge on any atom is 0.249 e. The smallest absolute Gasteiger partial charge is 0.249 e. The summed E-state index contributed by atoms with van der Waals surface area (Å²) in [6, 6.07) is 0.789. The van der Waals surface area contributed by atoms with Gasteiger partial charge in [-0.05, 0) is 43.0 Å². The van der Waals surface area contributed by atoms with Crippen LogP contribution in [0.25, 0.3) is 5.57 Å². The zero-order valence-corrected chi connectivity index (χ0v) is 14.1. The number of carbonyl (C=O) groups is 2. The van der Waals surface area contributed by atoms with E-state index in [1.807, 2.05) is 26.0 Å². The van der Waals surface area contributed by atoms with Crippen LogP contribution < -0.4 is 5.73 Å². The van der Waals surface area contributed by atoms with Crippen molar-refractivity contribution in [1.29, 1.82) is 0 Å². The lowest BCUT2D eigenvalue weighted by atomic mass is 9.90. The number of rotatable bonds is 3. The summed E-state index contributed by atoms with van der Waals surface area (Å²) < 4.78 is 15.0. The standard InChI is InChI=1S/C19H21FN2O2/c1-4-16(23)22-7-5-6-15(22)18-14(20)9-13(19(21)24)12-8-10(2)11(3)17(12)18/h5-6,9,15H,4,7-8H2,1-3H3,(H2,21,24). The van der Waals surface area contributed by atoms with Gasteiger partial charge in [-0.25, -0.2) is 4.39 Å².